The third-order valence-electron chi connectivity index (χ3n) is 3.22. The van der Waals surface area contributed by atoms with Crippen molar-refractivity contribution in [2.75, 3.05) is 38.3 Å². The van der Waals surface area contributed by atoms with Crippen molar-refractivity contribution < 1.29 is 13.9 Å². The fourth-order valence-electron chi connectivity index (χ4n) is 2.29. The summed E-state index contributed by atoms with van der Waals surface area (Å²) < 4.78 is 18.1. The van der Waals surface area contributed by atoms with Gasteiger partial charge in [0.25, 0.3) is 0 Å². The van der Waals surface area contributed by atoms with Crippen LogP contribution in [0.3, 0.4) is 0 Å². The number of nitrogens with zero attached hydrogens (tertiary/aromatic N) is 1. The zero-order valence-electron chi connectivity index (χ0n) is 11.5. The fourth-order valence-corrected chi connectivity index (χ4v) is 2.29. The summed E-state index contributed by atoms with van der Waals surface area (Å²) in [5.74, 6) is -0.227. The van der Waals surface area contributed by atoms with Crippen molar-refractivity contribution in [1.82, 2.24) is 5.32 Å². The molecule has 112 valence electrons. The van der Waals surface area contributed by atoms with E-state index in [9.17, 15) is 9.18 Å². The zero-order chi connectivity index (χ0) is 13.7. The van der Waals surface area contributed by atoms with Crippen LogP contribution < -0.4 is 10.2 Å². The number of nitrogens with one attached hydrogen (secondary N) is 1. The van der Waals surface area contributed by atoms with Crippen LogP contribution in [0.15, 0.2) is 18.2 Å². The molecule has 0 bridgehead atoms. The van der Waals surface area contributed by atoms with Crippen molar-refractivity contribution >= 4 is 24.0 Å². The predicted octanol–water partition coefficient (Wildman–Crippen LogP) is 1.76. The van der Waals surface area contributed by atoms with Crippen LogP contribution in [-0.4, -0.2) is 39.3 Å². The number of carbonyl (C=O) groups is 1. The maximum absolute atomic E-state index is 13.2. The minimum Gasteiger partial charge on any atom is -0.383 e. The first-order valence-corrected chi connectivity index (χ1v) is 6.51. The van der Waals surface area contributed by atoms with Gasteiger partial charge in [-0.3, -0.25) is 4.79 Å². The highest BCUT2D eigenvalue weighted by molar-refractivity contribution is 5.95. The molecule has 1 aliphatic heterocycles. The van der Waals surface area contributed by atoms with E-state index in [0.29, 0.717) is 19.7 Å². The standard InChI is InChI=1S/C14H19FN2O2.ClH/c1-19-8-6-16-10-14(18)17-7-2-3-11-9-12(15)4-5-13(11)17;/h4-5,9,16H,2-3,6-8,10H2,1H3;1H. The van der Waals surface area contributed by atoms with Gasteiger partial charge in [0, 0.05) is 25.9 Å². The van der Waals surface area contributed by atoms with Crippen LogP contribution in [-0.2, 0) is 16.0 Å². The van der Waals surface area contributed by atoms with Gasteiger partial charge >= 0.3 is 0 Å². The van der Waals surface area contributed by atoms with Gasteiger partial charge in [0.05, 0.1) is 13.2 Å². The van der Waals surface area contributed by atoms with Crippen LogP contribution in [0.25, 0.3) is 0 Å². The van der Waals surface area contributed by atoms with E-state index in [0.717, 1.165) is 24.1 Å². The fraction of sp³-hybridized carbons (Fsp3) is 0.500. The average molecular weight is 303 g/mol. The highest BCUT2D eigenvalue weighted by atomic mass is 35.5. The van der Waals surface area contributed by atoms with Crippen LogP contribution in [0.2, 0.25) is 0 Å². The summed E-state index contributed by atoms with van der Waals surface area (Å²) in [4.78, 5) is 13.9. The summed E-state index contributed by atoms with van der Waals surface area (Å²) in [7, 11) is 1.62. The predicted molar refractivity (Wildman–Crippen MR) is 79.1 cm³/mol. The first-order valence-electron chi connectivity index (χ1n) is 6.51. The van der Waals surface area contributed by atoms with E-state index >= 15 is 0 Å². The highest BCUT2D eigenvalue weighted by Crippen LogP contribution is 2.27. The minimum atomic E-state index is -0.244. The lowest BCUT2D eigenvalue weighted by Crippen LogP contribution is -2.41. The summed E-state index contributed by atoms with van der Waals surface area (Å²) in [5.41, 5.74) is 1.75. The molecule has 0 saturated heterocycles. The Hall–Kier alpha value is -1.17. The summed E-state index contributed by atoms with van der Waals surface area (Å²) in [6.45, 7) is 2.20. The third kappa shape index (κ3) is 4.16. The second-order valence-corrected chi connectivity index (χ2v) is 4.59. The smallest absolute Gasteiger partial charge is 0.240 e. The lowest BCUT2D eigenvalue weighted by atomic mass is 10.0. The third-order valence-corrected chi connectivity index (χ3v) is 3.22. The van der Waals surface area contributed by atoms with Crippen molar-refractivity contribution in [2.45, 2.75) is 12.8 Å². The Morgan fingerprint density at radius 1 is 1.50 bits per heavy atom. The Kier molecular flexibility index (Phi) is 6.91. The molecule has 0 aromatic heterocycles. The Balaban J connectivity index is 0.00000200. The topological polar surface area (TPSA) is 41.6 Å². The van der Waals surface area contributed by atoms with E-state index in [1.54, 1.807) is 18.1 Å². The van der Waals surface area contributed by atoms with Crippen molar-refractivity contribution in [3.63, 3.8) is 0 Å². The minimum absolute atomic E-state index is 0. The van der Waals surface area contributed by atoms with Crippen molar-refractivity contribution in [3.8, 4) is 0 Å². The first kappa shape index (κ1) is 16.9. The maximum atomic E-state index is 13.2. The summed E-state index contributed by atoms with van der Waals surface area (Å²) in [6, 6.07) is 4.62. The maximum Gasteiger partial charge on any atom is 0.240 e. The molecule has 1 aliphatic rings. The molecule has 0 fully saturated rings. The second kappa shape index (κ2) is 8.19. The number of aryl methyl sites for hydroxylation is 1. The van der Waals surface area contributed by atoms with E-state index in [2.05, 4.69) is 5.32 Å². The number of halogens is 2. The largest absolute Gasteiger partial charge is 0.383 e. The summed E-state index contributed by atoms with van der Waals surface area (Å²) >= 11 is 0. The lowest BCUT2D eigenvalue weighted by Gasteiger charge is -2.29. The van der Waals surface area contributed by atoms with E-state index in [4.69, 9.17) is 4.74 Å². The molecule has 0 atom stereocenters. The van der Waals surface area contributed by atoms with Gasteiger partial charge in [-0.05, 0) is 36.6 Å². The number of rotatable bonds is 5. The molecule has 2 rings (SSSR count). The molecule has 20 heavy (non-hydrogen) atoms. The molecule has 6 heteroatoms. The molecule has 1 heterocycles. The number of anilines is 1. The van der Waals surface area contributed by atoms with Gasteiger partial charge in [-0.25, -0.2) is 4.39 Å². The van der Waals surface area contributed by atoms with Gasteiger partial charge < -0.3 is 15.0 Å². The van der Waals surface area contributed by atoms with E-state index < -0.39 is 0 Å². The van der Waals surface area contributed by atoms with Crippen LogP contribution in [0.5, 0.6) is 0 Å². The molecule has 1 aromatic rings. The molecule has 0 radical (unpaired) electrons. The quantitative estimate of drug-likeness (QED) is 0.843. The Bertz CT molecular complexity index is 457. The highest BCUT2D eigenvalue weighted by Gasteiger charge is 2.22. The number of ether oxygens (including phenoxy) is 1. The number of hydrogen-bond acceptors (Lipinski definition) is 3. The van der Waals surface area contributed by atoms with Crippen LogP contribution in [0.4, 0.5) is 10.1 Å². The van der Waals surface area contributed by atoms with Crippen molar-refractivity contribution in [1.29, 1.82) is 0 Å². The molecule has 4 nitrogen and oxygen atoms in total. The molecule has 0 unspecified atom stereocenters. The zero-order valence-corrected chi connectivity index (χ0v) is 12.3. The SMILES string of the molecule is COCCNCC(=O)N1CCCc2cc(F)ccc21.Cl. The van der Waals surface area contributed by atoms with Crippen LogP contribution in [0, 0.1) is 5.82 Å². The number of carbonyl (C=O) groups excluding carboxylic acids is 1. The van der Waals surface area contributed by atoms with Gasteiger partial charge in [0.1, 0.15) is 5.82 Å². The van der Waals surface area contributed by atoms with Crippen molar-refractivity contribution in [2.24, 2.45) is 0 Å². The first-order chi connectivity index (χ1) is 9.22. The van der Waals surface area contributed by atoms with E-state index in [1.165, 1.54) is 12.1 Å². The molecular formula is C14H20ClFN2O2. The molecule has 1 N–H and O–H groups in total. The molecule has 0 aliphatic carbocycles. The average Bonchev–Trinajstić information content (AvgIpc) is 2.42. The molecule has 0 saturated carbocycles. The van der Waals surface area contributed by atoms with Gasteiger partial charge in [0.2, 0.25) is 5.91 Å². The summed E-state index contributed by atoms with van der Waals surface area (Å²) in [6.07, 6.45) is 1.70. The normalized spacial score (nSPS) is 13.6. The number of methoxy groups -OCH3 is 1. The Morgan fingerprint density at radius 3 is 3.05 bits per heavy atom. The lowest BCUT2D eigenvalue weighted by molar-refractivity contribution is -0.117. The summed E-state index contributed by atoms with van der Waals surface area (Å²) in [5, 5.41) is 3.04. The molecular weight excluding hydrogens is 283 g/mol. The number of fused-ring (bicyclic) bond motifs is 1. The van der Waals surface area contributed by atoms with Gasteiger partial charge in [-0.1, -0.05) is 0 Å². The second-order valence-electron chi connectivity index (χ2n) is 4.59. The van der Waals surface area contributed by atoms with Crippen molar-refractivity contribution in [3.05, 3.63) is 29.6 Å². The van der Waals surface area contributed by atoms with Gasteiger partial charge in [-0.15, -0.1) is 12.4 Å². The Labute approximate surface area is 124 Å². The monoisotopic (exact) mass is 302 g/mol. The number of hydrogen-bond donors (Lipinski definition) is 1. The van der Waals surface area contributed by atoms with E-state index in [1.807, 2.05) is 0 Å². The van der Waals surface area contributed by atoms with Gasteiger partial charge in [-0.2, -0.15) is 0 Å². The molecule has 1 amide bonds. The number of benzene rings is 1. The molecule has 0 spiro atoms. The Morgan fingerprint density at radius 2 is 2.30 bits per heavy atom. The number of amides is 1. The van der Waals surface area contributed by atoms with Crippen LogP contribution >= 0.6 is 12.4 Å². The van der Waals surface area contributed by atoms with E-state index in [-0.39, 0.29) is 30.7 Å². The molecule has 1 aromatic carbocycles. The van der Waals surface area contributed by atoms with Gasteiger partial charge in [0.15, 0.2) is 0 Å². The van der Waals surface area contributed by atoms with Crippen LogP contribution in [0.1, 0.15) is 12.0 Å².